The summed E-state index contributed by atoms with van der Waals surface area (Å²) in [7, 11) is 0. The molecule has 9 aromatic rings. The van der Waals surface area contributed by atoms with Crippen molar-refractivity contribution in [2.45, 2.75) is 63.6 Å². The average molecular weight is 1110 g/mol. The lowest BCUT2D eigenvalue weighted by Crippen LogP contribution is -2.61. The Morgan fingerprint density at radius 1 is 0.561 bits per heavy atom. The third-order valence-corrected chi connectivity index (χ3v) is 13.7. The molecule has 16 nitrogen and oxygen atoms in total. The molecule has 2 aliphatic heterocycles. The second kappa shape index (κ2) is 24.4. The SMILES string of the molecule is CCOc1ccc(C(=O)OC[C@H]2O[C@@H](Oc3c(-c4ccc5c(c4)OC(c4ccccc4)(c4ccccc4)O5)oc4cc(OCc5ccccc5)cc(OCc5ccccc5)c4c3=O)[C@H](OC(=O)c3ccc(OCC)cc3)[C@@H](O)[C@H]2O)cc1. The topological polar surface area (TPSA) is 197 Å². The number of carbonyl (C=O) groups is 2. The lowest BCUT2D eigenvalue weighted by Gasteiger charge is -2.41. The maximum Gasteiger partial charge on any atom is 0.338 e. The highest BCUT2D eigenvalue weighted by Crippen LogP contribution is 2.50. The van der Waals surface area contributed by atoms with Crippen LogP contribution in [0, 0.1) is 0 Å². The van der Waals surface area contributed by atoms with E-state index in [9.17, 15) is 19.8 Å². The molecule has 82 heavy (non-hydrogen) atoms. The number of aliphatic hydroxyl groups excluding tert-OH is 2. The summed E-state index contributed by atoms with van der Waals surface area (Å²) < 4.78 is 69.1. The molecule has 2 aliphatic rings. The Bertz CT molecular complexity index is 3670. The van der Waals surface area contributed by atoms with Gasteiger partial charge in [0.15, 0.2) is 23.4 Å². The van der Waals surface area contributed by atoms with E-state index in [4.69, 9.17) is 51.8 Å². The lowest BCUT2D eigenvalue weighted by atomic mass is 9.97. The zero-order chi connectivity index (χ0) is 56.6. The quantitative estimate of drug-likeness (QED) is 0.0683. The van der Waals surface area contributed by atoms with Crippen LogP contribution in [0.4, 0.5) is 0 Å². The Balaban J connectivity index is 1.03. The van der Waals surface area contributed by atoms with Gasteiger partial charge in [0.25, 0.3) is 0 Å². The summed E-state index contributed by atoms with van der Waals surface area (Å²) >= 11 is 0. The van der Waals surface area contributed by atoms with E-state index < -0.39 is 66.2 Å². The maximum absolute atomic E-state index is 15.8. The van der Waals surface area contributed by atoms with Crippen molar-refractivity contribution in [1.29, 1.82) is 0 Å². The molecule has 0 bridgehead atoms. The number of benzene rings is 8. The zero-order valence-corrected chi connectivity index (χ0v) is 44.6. The normalized spacial score (nSPS) is 17.8. The fraction of sp³-hybridized carbons (Fsp3) is 0.197. The van der Waals surface area contributed by atoms with E-state index in [0.717, 1.165) is 11.1 Å². The Labute approximate surface area is 471 Å². The third kappa shape index (κ3) is 11.7. The molecule has 0 spiro atoms. The molecule has 3 heterocycles. The number of hydrogen-bond acceptors (Lipinski definition) is 16. The monoisotopic (exact) mass is 1100 g/mol. The van der Waals surface area contributed by atoms with Crippen LogP contribution in [0.2, 0.25) is 0 Å². The van der Waals surface area contributed by atoms with E-state index in [-0.39, 0.29) is 58.1 Å². The van der Waals surface area contributed by atoms with Gasteiger partial charge in [0, 0.05) is 28.8 Å². The van der Waals surface area contributed by atoms with Gasteiger partial charge in [0.1, 0.15) is 72.1 Å². The van der Waals surface area contributed by atoms with Gasteiger partial charge in [-0.3, -0.25) is 4.79 Å². The summed E-state index contributed by atoms with van der Waals surface area (Å²) in [6.45, 7) is 4.01. The molecule has 0 saturated carbocycles. The minimum Gasteiger partial charge on any atom is -0.494 e. The first kappa shape index (κ1) is 54.4. The molecule has 0 amide bonds. The van der Waals surface area contributed by atoms with E-state index in [1.165, 1.54) is 24.3 Å². The summed E-state index contributed by atoms with van der Waals surface area (Å²) in [6, 6.07) is 58.2. The predicted molar refractivity (Wildman–Crippen MR) is 300 cm³/mol. The van der Waals surface area contributed by atoms with Crippen molar-refractivity contribution in [3.05, 3.63) is 244 Å². The molecular formula is C66H56O16. The van der Waals surface area contributed by atoms with Gasteiger partial charge < -0.3 is 62.0 Å². The highest BCUT2D eigenvalue weighted by atomic mass is 16.7. The number of aliphatic hydroxyl groups is 2. The average Bonchev–Trinajstić information content (AvgIpc) is 3.22. The van der Waals surface area contributed by atoms with Crippen molar-refractivity contribution in [3.63, 3.8) is 0 Å². The molecule has 8 aromatic carbocycles. The Morgan fingerprint density at radius 2 is 1.11 bits per heavy atom. The highest BCUT2D eigenvalue weighted by Gasteiger charge is 2.50. The molecule has 0 aliphatic carbocycles. The van der Waals surface area contributed by atoms with Crippen molar-refractivity contribution < 1.29 is 71.6 Å². The predicted octanol–water partition coefficient (Wildman–Crippen LogP) is 11.0. The molecular weight excluding hydrogens is 1050 g/mol. The van der Waals surface area contributed by atoms with Gasteiger partial charge in [-0.1, -0.05) is 121 Å². The molecule has 2 N–H and O–H groups in total. The third-order valence-electron chi connectivity index (χ3n) is 13.7. The number of ether oxygens (including phenoxy) is 10. The van der Waals surface area contributed by atoms with Crippen LogP contribution in [0.25, 0.3) is 22.3 Å². The van der Waals surface area contributed by atoms with Crippen LogP contribution < -0.4 is 38.6 Å². The first-order chi connectivity index (χ1) is 40.1. The minimum atomic E-state index is -1.96. The molecule has 1 aromatic heterocycles. The zero-order valence-electron chi connectivity index (χ0n) is 44.6. The van der Waals surface area contributed by atoms with Gasteiger partial charge >= 0.3 is 17.7 Å². The number of fused-ring (bicyclic) bond motifs is 2. The van der Waals surface area contributed by atoms with Crippen LogP contribution in [0.1, 0.15) is 56.8 Å². The molecule has 16 heteroatoms. The molecule has 416 valence electrons. The highest BCUT2D eigenvalue weighted by molar-refractivity contribution is 5.91. The Kier molecular flexibility index (Phi) is 16.2. The van der Waals surface area contributed by atoms with E-state index >= 15 is 4.79 Å². The van der Waals surface area contributed by atoms with Crippen molar-refractivity contribution in [2.75, 3.05) is 19.8 Å². The Hall–Kier alpha value is -9.61. The standard InChI is InChI=1S/C66H56O16/c1-3-72-48-30-25-43(26-31-48)63(70)76-40-55-57(67)59(69)62(79-64(71)44-27-32-49(33-28-44)73-4-2)65(78-55)80-61-58(68)56-53(75-39-42-19-11-6-12-20-42)36-50(74-38-41-17-9-5-10-18-41)37-54(56)77-60(61)45-29-34-51-52(35-45)82-66(81-51,46-21-13-7-14-22-46)47-23-15-8-16-24-47/h5-37,55,57,59,62,65,67,69H,3-4,38-40H2,1-2H3/t55-,57+,59+,62-,65+/m1/s1. The first-order valence-electron chi connectivity index (χ1n) is 26.7. The van der Waals surface area contributed by atoms with Gasteiger partial charge in [-0.05, 0) is 91.7 Å². The van der Waals surface area contributed by atoms with E-state index in [1.807, 2.05) is 135 Å². The van der Waals surface area contributed by atoms with Crippen molar-refractivity contribution >= 4 is 22.9 Å². The number of hydrogen-bond donors (Lipinski definition) is 2. The second-order valence-corrected chi connectivity index (χ2v) is 19.2. The van der Waals surface area contributed by atoms with E-state index in [2.05, 4.69) is 0 Å². The van der Waals surface area contributed by atoms with Gasteiger partial charge in [-0.25, -0.2) is 9.59 Å². The van der Waals surface area contributed by atoms with Gasteiger partial charge in [0.05, 0.1) is 24.3 Å². The van der Waals surface area contributed by atoms with Gasteiger partial charge in [-0.2, -0.15) is 0 Å². The summed E-state index contributed by atoms with van der Waals surface area (Å²) in [5.74, 6) is -1.78. The van der Waals surface area contributed by atoms with E-state index in [0.29, 0.717) is 47.3 Å². The molecule has 11 rings (SSSR count). The molecule has 0 unspecified atom stereocenters. The van der Waals surface area contributed by atoms with Crippen molar-refractivity contribution in [1.82, 2.24) is 0 Å². The molecule has 1 saturated heterocycles. The van der Waals surface area contributed by atoms with Crippen LogP contribution in [-0.4, -0.2) is 72.7 Å². The Morgan fingerprint density at radius 3 is 1.70 bits per heavy atom. The van der Waals surface area contributed by atoms with Crippen molar-refractivity contribution in [3.8, 4) is 51.6 Å². The van der Waals surface area contributed by atoms with E-state index in [1.54, 1.807) is 54.6 Å². The van der Waals surface area contributed by atoms with Crippen LogP contribution in [0.3, 0.4) is 0 Å². The van der Waals surface area contributed by atoms with Crippen LogP contribution >= 0.6 is 0 Å². The minimum absolute atomic E-state index is 0.0264. The summed E-state index contributed by atoms with van der Waals surface area (Å²) in [6.07, 6.45) is -9.06. The summed E-state index contributed by atoms with van der Waals surface area (Å²) in [4.78, 5) is 43.3. The van der Waals surface area contributed by atoms with Crippen LogP contribution in [-0.2, 0) is 33.2 Å². The van der Waals surface area contributed by atoms with Crippen LogP contribution in [0.5, 0.6) is 40.2 Å². The fourth-order valence-corrected chi connectivity index (χ4v) is 9.60. The smallest absolute Gasteiger partial charge is 0.338 e. The van der Waals surface area contributed by atoms with Gasteiger partial charge in [0.2, 0.25) is 17.5 Å². The second-order valence-electron chi connectivity index (χ2n) is 19.2. The number of rotatable bonds is 20. The maximum atomic E-state index is 15.8. The molecule has 5 atom stereocenters. The number of carbonyl (C=O) groups excluding carboxylic acids is 2. The fourth-order valence-electron chi connectivity index (χ4n) is 9.60. The van der Waals surface area contributed by atoms with Crippen LogP contribution in [0.15, 0.2) is 209 Å². The summed E-state index contributed by atoms with van der Waals surface area (Å²) in [5.41, 5.74) is 2.78. The first-order valence-corrected chi connectivity index (χ1v) is 26.7. The number of esters is 2. The summed E-state index contributed by atoms with van der Waals surface area (Å²) in [5, 5.41) is 23.7. The lowest BCUT2D eigenvalue weighted by molar-refractivity contribution is -0.276. The van der Waals surface area contributed by atoms with Gasteiger partial charge in [-0.15, -0.1) is 0 Å². The van der Waals surface area contributed by atoms with Crippen molar-refractivity contribution in [2.24, 2.45) is 0 Å². The largest absolute Gasteiger partial charge is 0.494 e. The molecule has 0 radical (unpaired) electrons. The molecule has 1 fully saturated rings.